The van der Waals surface area contributed by atoms with Gasteiger partial charge in [0.25, 0.3) is 0 Å². The van der Waals surface area contributed by atoms with Gasteiger partial charge in [-0.1, -0.05) is 69.0 Å². The molecule has 148 valence electrons. The summed E-state index contributed by atoms with van der Waals surface area (Å²) in [4.78, 5) is 15.6. The summed E-state index contributed by atoms with van der Waals surface area (Å²) >= 11 is 0. The minimum absolute atomic E-state index is 0.146. The van der Waals surface area contributed by atoms with Crippen molar-refractivity contribution in [3.63, 3.8) is 0 Å². The molecule has 1 N–H and O–H groups in total. The zero-order valence-corrected chi connectivity index (χ0v) is 16.9. The van der Waals surface area contributed by atoms with Gasteiger partial charge in [0.05, 0.1) is 0 Å². The molecule has 4 rings (SSSR count). The van der Waals surface area contributed by atoms with Crippen LogP contribution in [-0.2, 0) is 4.79 Å². The Balaban J connectivity index is 1.48. The van der Waals surface area contributed by atoms with Gasteiger partial charge in [-0.25, -0.2) is 0 Å². The zero-order chi connectivity index (χ0) is 20.1. The average molecular weight is 386 g/mol. The first-order chi connectivity index (χ1) is 14.2. The molecular weight excluding hydrogens is 358 g/mol. The van der Waals surface area contributed by atoms with Crippen molar-refractivity contribution in [2.24, 2.45) is 0 Å². The van der Waals surface area contributed by atoms with Crippen LogP contribution in [0.2, 0.25) is 0 Å². The third-order valence-corrected chi connectivity index (χ3v) is 5.37. The minimum Gasteiger partial charge on any atom is -0.427 e. The van der Waals surface area contributed by atoms with Crippen LogP contribution >= 0.6 is 0 Å². The molecule has 1 aromatic heterocycles. The Bertz CT molecular complexity index is 1090. The van der Waals surface area contributed by atoms with Crippen molar-refractivity contribution in [1.82, 2.24) is 4.98 Å². The van der Waals surface area contributed by atoms with Crippen molar-refractivity contribution in [3.05, 3.63) is 66.7 Å². The van der Waals surface area contributed by atoms with Gasteiger partial charge in [-0.15, -0.1) is 0 Å². The molecule has 3 nitrogen and oxygen atoms in total. The Hall–Kier alpha value is -3.07. The average Bonchev–Trinajstić information content (AvgIpc) is 3.17. The van der Waals surface area contributed by atoms with Gasteiger partial charge in [-0.3, -0.25) is 4.79 Å². The van der Waals surface area contributed by atoms with Crippen LogP contribution in [0.1, 0.15) is 45.4 Å². The zero-order valence-electron chi connectivity index (χ0n) is 16.9. The molecule has 3 aromatic carbocycles. The van der Waals surface area contributed by atoms with E-state index < -0.39 is 0 Å². The standard InChI is InChI=1S/C26H27NO2/c1-2-3-4-5-6-11-26(28)29-23-15-14-19-12-13-21(16-22(19)17-23)25-18-20-9-7-8-10-24(20)27-25/h7-10,12-18,27H,2-6,11H2,1H3. The lowest BCUT2D eigenvalue weighted by molar-refractivity contribution is -0.134. The Labute approximate surface area is 171 Å². The third kappa shape index (κ3) is 4.68. The van der Waals surface area contributed by atoms with Crippen LogP contribution in [0.3, 0.4) is 0 Å². The fourth-order valence-electron chi connectivity index (χ4n) is 3.74. The molecule has 0 aliphatic carbocycles. The maximum absolute atomic E-state index is 12.1. The number of nitrogens with one attached hydrogen (secondary N) is 1. The summed E-state index contributed by atoms with van der Waals surface area (Å²) in [5.41, 5.74) is 3.33. The van der Waals surface area contributed by atoms with Crippen molar-refractivity contribution in [2.75, 3.05) is 0 Å². The number of unbranched alkanes of at least 4 members (excludes halogenated alkanes) is 4. The molecule has 0 atom stereocenters. The number of aromatic nitrogens is 1. The number of carbonyl (C=O) groups excluding carboxylic acids is 1. The number of aromatic amines is 1. The van der Waals surface area contributed by atoms with Crippen molar-refractivity contribution in [3.8, 4) is 17.0 Å². The van der Waals surface area contributed by atoms with Crippen LogP contribution in [0.25, 0.3) is 32.9 Å². The number of benzene rings is 3. The van der Waals surface area contributed by atoms with E-state index >= 15 is 0 Å². The molecule has 0 aliphatic heterocycles. The summed E-state index contributed by atoms with van der Waals surface area (Å²) < 4.78 is 5.58. The lowest BCUT2D eigenvalue weighted by Crippen LogP contribution is -2.07. The highest BCUT2D eigenvalue weighted by molar-refractivity contribution is 5.91. The van der Waals surface area contributed by atoms with Gasteiger partial charge in [0, 0.05) is 23.0 Å². The number of rotatable bonds is 8. The molecule has 0 fully saturated rings. The summed E-state index contributed by atoms with van der Waals surface area (Å²) in [5.74, 6) is 0.470. The highest BCUT2D eigenvalue weighted by atomic mass is 16.5. The van der Waals surface area contributed by atoms with Crippen LogP contribution in [0.15, 0.2) is 66.7 Å². The van der Waals surface area contributed by atoms with E-state index in [1.54, 1.807) is 0 Å². The first-order valence-electron chi connectivity index (χ1n) is 10.6. The molecule has 0 aliphatic rings. The molecule has 0 amide bonds. The molecule has 0 bridgehead atoms. The number of fused-ring (bicyclic) bond motifs is 2. The molecule has 0 saturated carbocycles. The number of hydrogen-bond acceptors (Lipinski definition) is 2. The van der Waals surface area contributed by atoms with Crippen LogP contribution < -0.4 is 4.74 Å². The molecule has 29 heavy (non-hydrogen) atoms. The van der Waals surface area contributed by atoms with Crippen molar-refractivity contribution < 1.29 is 9.53 Å². The smallest absolute Gasteiger partial charge is 0.311 e. The van der Waals surface area contributed by atoms with E-state index in [0.29, 0.717) is 12.2 Å². The molecule has 4 aromatic rings. The fraction of sp³-hybridized carbons (Fsp3) is 0.269. The predicted octanol–water partition coefficient (Wildman–Crippen LogP) is 7.25. The Morgan fingerprint density at radius 1 is 0.828 bits per heavy atom. The first-order valence-corrected chi connectivity index (χ1v) is 10.6. The Morgan fingerprint density at radius 3 is 2.52 bits per heavy atom. The van der Waals surface area contributed by atoms with Gasteiger partial charge in [0.15, 0.2) is 0 Å². The monoisotopic (exact) mass is 385 g/mol. The van der Waals surface area contributed by atoms with Crippen molar-refractivity contribution in [1.29, 1.82) is 0 Å². The van der Waals surface area contributed by atoms with Gasteiger partial charge in [0.2, 0.25) is 0 Å². The summed E-state index contributed by atoms with van der Waals surface area (Å²) in [6.07, 6.45) is 6.11. The number of ether oxygens (including phenoxy) is 1. The lowest BCUT2D eigenvalue weighted by Gasteiger charge is -2.07. The summed E-state index contributed by atoms with van der Waals surface area (Å²) in [6, 6.07) is 22.6. The van der Waals surface area contributed by atoms with Gasteiger partial charge in [-0.2, -0.15) is 0 Å². The second kappa shape index (κ2) is 8.95. The van der Waals surface area contributed by atoms with Crippen LogP contribution in [0, 0.1) is 0 Å². The topological polar surface area (TPSA) is 42.1 Å². The number of para-hydroxylation sites is 1. The molecule has 0 radical (unpaired) electrons. The number of hydrogen-bond donors (Lipinski definition) is 1. The van der Waals surface area contributed by atoms with Gasteiger partial charge in [0.1, 0.15) is 5.75 Å². The van der Waals surface area contributed by atoms with E-state index in [1.807, 2.05) is 30.3 Å². The second-order valence-electron chi connectivity index (χ2n) is 7.63. The van der Waals surface area contributed by atoms with E-state index in [4.69, 9.17) is 4.74 Å². The summed E-state index contributed by atoms with van der Waals surface area (Å²) in [5, 5.41) is 3.39. The van der Waals surface area contributed by atoms with Crippen molar-refractivity contribution >= 4 is 27.6 Å². The lowest BCUT2D eigenvalue weighted by atomic mass is 10.0. The molecule has 3 heteroatoms. The number of carbonyl (C=O) groups is 1. The molecule has 0 spiro atoms. The number of esters is 1. The Kier molecular flexibility index (Phi) is 5.95. The SMILES string of the molecule is CCCCCCCC(=O)Oc1ccc2ccc(-c3cc4ccccc4[nH]3)cc2c1. The third-order valence-electron chi connectivity index (χ3n) is 5.37. The normalized spacial score (nSPS) is 11.2. The second-order valence-corrected chi connectivity index (χ2v) is 7.63. The van der Waals surface area contributed by atoms with Gasteiger partial charge in [-0.05, 0) is 53.1 Å². The molecule has 0 saturated heterocycles. The highest BCUT2D eigenvalue weighted by Crippen LogP contribution is 2.29. The van der Waals surface area contributed by atoms with Crippen LogP contribution in [0.5, 0.6) is 5.75 Å². The minimum atomic E-state index is -0.146. The van der Waals surface area contributed by atoms with Gasteiger partial charge < -0.3 is 9.72 Å². The van der Waals surface area contributed by atoms with E-state index in [-0.39, 0.29) is 5.97 Å². The summed E-state index contributed by atoms with van der Waals surface area (Å²) in [6.45, 7) is 2.19. The van der Waals surface area contributed by atoms with E-state index in [1.165, 1.54) is 24.6 Å². The number of H-pyrrole nitrogens is 1. The predicted molar refractivity (Wildman–Crippen MR) is 120 cm³/mol. The highest BCUT2D eigenvalue weighted by Gasteiger charge is 2.08. The fourth-order valence-corrected chi connectivity index (χ4v) is 3.74. The first kappa shape index (κ1) is 19.3. The van der Waals surface area contributed by atoms with E-state index in [0.717, 1.165) is 40.4 Å². The molecule has 0 unspecified atom stereocenters. The Morgan fingerprint density at radius 2 is 1.66 bits per heavy atom. The maximum atomic E-state index is 12.1. The largest absolute Gasteiger partial charge is 0.427 e. The van der Waals surface area contributed by atoms with Crippen LogP contribution in [0.4, 0.5) is 0 Å². The van der Waals surface area contributed by atoms with Crippen LogP contribution in [-0.4, -0.2) is 11.0 Å². The van der Waals surface area contributed by atoms with Gasteiger partial charge >= 0.3 is 5.97 Å². The summed E-state index contributed by atoms with van der Waals surface area (Å²) in [7, 11) is 0. The molecule has 1 heterocycles. The van der Waals surface area contributed by atoms with Crippen molar-refractivity contribution in [2.45, 2.75) is 45.4 Å². The van der Waals surface area contributed by atoms with E-state index in [9.17, 15) is 4.79 Å². The molecular formula is C26H27NO2. The van der Waals surface area contributed by atoms with E-state index in [2.05, 4.69) is 48.3 Å². The quantitative estimate of drug-likeness (QED) is 0.197. The maximum Gasteiger partial charge on any atom is 0.311 e.